The summed E-state index contributed by atoms with van der Waals surface area (Å²) in [5, 5.41) is 7.46. The van der Waals surface area contributed by atoms with Crippen molar-refractivity contribution < 1.29 is 4.74 Å². The van der Waals surface area contributed by atoms with Crippen molar-refractivity contribution in [3.63, 3.8) is 0 Å². The summed E-state index contributed by atoms with van der Waals surface area (Å²) in [6, 6.07) is 2.03. The zero-order chi connectivity index (χ0) is 11.1. The fourth-order valence-electron chi connectivity index (χ4n) is 1.28. The third-order valence-electron chi connectivity index (χ3n) is 1.97. The molecule has 0 aliphatic carbocycles. The molecule has 4 heteroatoms. The number of hydrogen-bond acceptors (Lipinski definition) is 3. The van der Waals surface area contributed by atoms with Crippen molar-refractivity contribution in [2.45, 2.75) is 26.9 Å². The molecule has 0 saturated carbocycles. The fourth-order valence-corrected chi connectivity index (χ4v) is 1.28. The smallest absolute Gasteiger partial charge is 0.0762 e. The molecule has 0 aliphatic rings. The van der Waals surface area contributed by atoms with Crippen molar-refractivity contribution in [3.8, 4) is 0 Å². The Bertz CT molecular complexity index is 271. The molecule has 0 aliphatic heterocycles. The first kappa shape index (κ1) is 12.2. The van der Waals surface area contributed by atoms with Gasteiger partial charge in [0.15, 0.2) is 0 Å². The molecule has 1 heterocycles. The highest BCUT2D eigenvalue weighted by Crippen LogP contribution is 1.96. The van der Waals surface area contributed by atoms with Crippen molar-refractivity contribution in [1.82, 2.24) is 15.1 Å². The summed E-state index contributed by atoms with van der Waals surface area (Å²) in [5.41, 5.74) is 1.07. The van der Waals surface area contributed by atoms with E-state index >= 15 is 0 Å². The molecule has 4 nitrogen and oxygen atoms in total. The van der Waals surface area contributed by atoms with Crippen molar-refractivity contribution >= 4 is 0 Å². The molecule has 15 heavy (non-hydrogen) atoms. The molecular formula is C11H21N3O. The lowest BCUT2D eigenvalue weighted by atomic mass is 10.2. The molecule has 1 N–H and O–H groups in total. The van der Waals surface area contributed by atoms with E-state index in [4.69, 9.17) is 4.74 Å². The molecule has 0 radical (unpaired) electrons. The summed E-state index contributed by atoms with van der Waals surface area (Å²) in [6.07, 6.45) is 1.99. The summed E-state index contributed by atoms with van der Waals surface area (Å²) in [7, 11) is 1.92. The Hall–Kier alpha value is -0.870. The number of nitrogens with zero attached hydrogens (tertiary/aromatic N) is 2. The van der Waals surface area contributed by atoms with Gasteiger partial charge < -0.3 is 10.1 Å². The minimum absolute atomic E-state index is 0.600. The highest BCUT2D eigenvalue weighted by Gasteiger charge is 1.98. The van der Waals surface area contributed by atoms with Gasteiger partial charge in [-0.25, -0.2) is 0 Å². The van der Waals surface area contributed by atoms with E-state index in [2.05, 4.69) is 24.3 Å². The molecule has 0 spiro atoms. The third kappa shape index (κ3) is 4.95. The lowest BCUT2D eigenvalue weighted by Crippen LogP contribution is -2.11. The number of aromatic nitrogens is 2. The second kappa shape index (κ2) is 6.58. The van der Waals surface area contributed by atoms with Gasteiger partial charge in [0.1, 0.15) is 0 Å². The predicted octanol–water partition coefficient (Wildman–Crippen LogP) is 1.28. The van der Waals surface area contributed by atoms with Crippen LogP contribution in [0.5, 0.6) is 0 Å². The first-order valence-corrected chi connectivity index (χ1v) is 5.47. The van der Waals surface area contributed by atoms with E-state index in [1.165, 1.54) is 0 Å². The van der Waals surface area contributed by atoms with Gasteiger partial charge in [0.25, 0.3) is 0 Å². The van der Waals surface area contributed by atoms with Crippen LogP contribution in [0.2, 0.25) is 0 Å². The summed E-state index contributed by atoms with van der Waals surface area (Å²) >= 11 is 0. The van der Waals surface area contributed by atoms with E-state index in [0.717, 1.165) is 32.0 Å². The molecule has 0 atom stereocenters. The normalized spacial score (nSPS) is 11.2. The summed E-state index contributed by atoms with van der Waals surface area (Å²) in [5.74, 6) is 0.600. The molecule has 1 aromatic heterocycles. The molecule has 86 valence electrons. The number of ether oxygens (including phenoxy) is 1. The molecule has 0 amide bonds. The molecule has 1 aromatic rings. The van der Waals surface area contributed by atoms with Crippen LogP contribution < -0.4 is 5.32 Å². The SMILES string of the molecule is CNCc1ccn(CCOCC(C)C)n1. The average molecular weight is 211 g/mol. The Morgan fingerprint density at radius 3 is 3.00 bits per heavy atom. The van der Waals surface area contributed by atoms with Crippen LogP contribution in [-0.2, 0) is 17.8 Å². The van der Waals surface area contributed by atoms with Gasteiger partial charge in [0.05, 0.1) is 18.8 Å². The molecule has 0 aromatic carbocycles. The number of nitrogens with one attached hydrogen (secondary N) is 1. The van der Waals surface area contributed by atoms with Crippen molar-refractivity contribution in [2.75, 3.05) is 20.3 Å². The van der Waals surface area contributed by atoms with Crippen LogP contribution in [0.25, 0.3) is 0 Å². The number of hydrogen-bond donors (Lipinski definition) is 1. The molecule has 0 unspecified atom stereocenters. The Balaban J connectivity index is 2.19. The van der Waals surface area contributed by atoms with Gasteiger partial charge in [-0.1, -0.05) is 13.8 Å². The van der Waals surface area contributed by atoms with Crippen LogP contribution in [0.15, 0.2) is 12.3 Å². The minimum Gasteiger partial charge on any atom is -0.379 e. The summed E-state index contributed by atoms with van der Waals surface area (Å²) in [4.78, 5) is 0. The second-order valence-corrected chi connectivity index (χ2v) is 4.07. The standard InChI is InChI=1S/C11H21N3O/c1-10(2)9-15-7-6-14-5-4-11(13-14)8-12-3/h4-5,10,12H,6-9H2,1-3H3. The summed E-state index contributed by atoms with van der Waals surface area (Å²) < 4.78 is 7.42. The maximum atomic E-state index is 5.49. The monoisotopic (exact) mass is 211 g/mol. The second-order valence-electron chi connectivity index (χ2n) is 4.07. The third-order valence-corrected chi connectivity index (χ3v) is 1.97. The van der Waals surface area contributed by atoms with E-state index < -0.39 is 0 Å². The van der Waals surface area contributed by atoms with Crippen LogP contribution >= 0.6 is 0 Å². The highest BCUT2D eigenvalue weighted by atomic mass is 16.5. The van der Waals surface area contributed by atoms with Crippen LogP contribution in [0.3, 0.4) is 0 Å². The van der Waals surface area contributed by atoms with Crippen molar-refractivity contribution in [1.29, 1.82) is 0 Å². The van der Waals surface area contributed by atoms with E-state index in [1.807, 2.05) is 24.0 Å². The maximum Gasteiger partial charge on any atom is 0.0762 e. The predicted molar refractivity (Wildman–Crippen MR) is 60.6 cm³/mol. The number of rotatable bonds is 7. The zero-order valence-corrected chi connectivity index (χ0v) is 9.86. The summed E-state index contributed by atoms with van der Waals surface area (Å²) in [6.45, 7) is 7.51. The zero-order valence-electron chi connectivity index (χ0n) is 9.86. The topological polar surface area (TPSA) is 39.1 Å². The van der Waals surface area contributed by atoms with Crippen LogP contribution in [0.4, 0.5) is 0 Å². The molecular weight excluding hydrogens is 190 g/mol. The quantitative estimate of drug-likeness (QED) is 0.690. The molecule has 1 rings (SSSR count). The van der Waals surface area contributed by atoms with Crippen molar-refractivity contribution in [3.05, 3.63) is 18.0 Å². The highest BCUT2D eigenvalue weighted by molar-refractivity contribution is 4.97. The average Bonchev–Trinajstić information content (AvgIpc) is 2.61. The van der Waals surface area contributed by atoms with Crippen molar-refractivity contribution in [2.24, 2.45) is 5.92 Å². The maximum absolute atomic E-state index is 5.49. The van der Waals surface area contributed by atoms with E-state index in [-0.39, 0.29) is 0 Å². The van der Waals surface area contributed by atoms with Gasteiger partial charge in [-0.3, -0.25) is 4.68 Å². The van der Waals surface area contributed by atoms with E-state index in [1.54, 1.807) is 0 Å². The van der Waals surface area contributed by atoms with Gasteiger partial charge in [-0.05, 0) is 19.0 Å². The minimum atomic E-state index is 0.600. The van der Waals surface area contributed by atoms with Crippen LogP contribution in [-0.4, -0.2) is 30.0 Å². The Labute approximate surface area is 91.6 Å². The van der Waals surface area contributed by atoms with Gasteiger partial charge in [-0.2, -0.15) is 5.10 Å². The van der Waals surface area contributed by atoms with Crippen LogP contribution in [0.1, 0.15) is 19.5 Å². The Morgan fingerprint density at radius 1 is 1.53 bits per heavy atom. The van der Waals surface area contributed by atoms with Crippen LogP contribution in [0, 0.1) is 5.92 Å². The lowest BCUT2D eigenvalue weighted by Gasteiger charge is -2.06. The van der Waals surface area contributed by atoms with Gasteiger partial charge in [0.2, 0.25) is 0 Å². The van der Waals surface area contributed by atoms with E-state index in [9.17, 15) is 0 Å². The largest absolute Gasteiger partial charge is 0.379 e. The lowest BCUT2D eigenvalue weighted by molar-refractivity contribution is 0.101. The Kier molecular flexibility index (Phi) is 5.36. The van der Waals surface area contributed by atoms with Gasteiger partial charge >= 0.3 is 0 Å². The molecule has 0 bridgehead atoms. The Morgan fingerprint density at radius 2 is 2.33 bits per heavy atom. The first-order chi connectivity index (χ1) is 7.22. The van der Waals surface area contributed by atoms with E-state index in [0.29, 0.717) is 5.92 Å². The fraction of sp³-hybridized carbons (Fsp3) is 0.727. The van der Waals surface area contributed by atoms with Gasteiger partial charge in [0, 0.05) is 19.3 Å². The molecule has 0 saturated heterocycles. The molecule has 0 fully saturated rings. The van der Waals surface area contributed by atoms with Gasteiger partial charge in [-0.15, -0.1) is 0 Å². The first-order valence-electron chi connectivity index (χ1n) is 5.47.